The molecule has 2 aliphatic rings. The number of hydrogen-bond donors (Lipinski definition) is 1. The predicted octanol–water partition coefficient (Wildman–Crippen LogP) is 4.62. The first-order valence-electron chi connectivity index (χ1n) is 8.80. The number of thiophene rings is 1. The summed E-state index contributed by atoms with van der Waals surface area (Å²) in [6.07, 6.45) is 5.82. The summed E-state index contributed by atoms with van der Waals surface area (Å²) >= 11 is 7.66. The van der Waals surface area contributed by atoms with Gasteiger partial charge in [0.1, 0.15) is 11.5 Å². The zero-order valence-corrected chi connectivity index (χ0v) is 15.6. The fourth-order valence-corrected chi connectivity index (χ4v) is 4.37. The number of rotatable bonds is 4. The van der Waals surface area contributed by atoms with E-state index in [1.165, 1.54) is 17.0 Å². The molecule has 0 radical (unpaired) electrons. The quantitative estimate of drug-likeness (QED) is 0.713. The first-order chi connectivity index (χ1) is 12.7. The molecule has 1 N–H and O–H groups in total. The van der Waals surface area contributed by atoms with E-state index in [0.29, 0.717) is 5.82 Å². The molecule has 3 aromatic heterocycles. The fourth-order valence-electron chi connectivity index (χ4n) is 3.50. The van der Waals surface area contributed by atoms with Gasteiger partial charge in [-0.2, -0.15) is 5.10 Å². The number of fused-ring (bicyclic) bond motifs is 1. The number of carbonyl (C=O) groups is 1. The van der Waals surface area contributed by atoms with Gasteiger partial charge in [-0.1, -0.05) is 11.6 Å². The number of halogens is 1. The number of aromatic nitrogens is 3. The molecule has 0 saturated heterocycles. The summed E-state index contributed by atoms with van der Waals surface area (Å²) in [5, 5.41) is 9.82. The highest BCUT2D eigenvalue weighted by Gasteiger charge is 2.30. The summed E-state index contributed by atoms with van der Waals surface area (Å²) in [6.45, 7) is 0.941. The number of anilines is 1. The third-order valence-corrected chi connectivity index (χ3v) is 6.02. The van der Waals surface area contributed by atoms with Crippen molar-refractivity contribution in [1.29, 1.82) is 0 Å². The number of nitrogens with zero attached hydrogens (tertiary/aromatic N) is 3. The van der Waals surface area contributed by atoms with E-state index in [0.717, 1.165) is 58.9 Å². The van der Waals surface area contributed by atoms with Crippen LogP contribution < -0.4 is 5.32 Å². The van der Waals surface area contributed by atoms with E-state index >= 15 is 0 Å². The molecule has 132 valence electrons. The van der Waals surface area contributed by atoms with Gasteiger partial charge in [-0.15, -0.1) is 11.3 Å². The van der Waals surface area contributed by atoms with Crippen LogP contribution in [0.25, 0.3) is 22.4 Å². The molecule has 0 unspecified atom stereocenters. The van der Waals surface area contributed by atoms with E-state index in [2.05, 4.69) is 15.0 Å². The highest BCUT2D eigenvalue weighted by molar-refractivity contribution is 7.14. The Morgan fingerprint density at radius 3 is 2.96 bits per heavy atom. The predicted molar refractivity (Wildman–Crippen MR) is 103 cm³/mol. The van der Waals surface area contributed by atoms with Gasteiger partial charge in [0.25, 0.3) is 0 Å². The van der Waals surface area contributed by atoms with Gasteiger partial charge in [0.05, 0.1) is 4.34 Å². The Kier molecular flexibility index (Phi) is 3.83. The molecule has 1 amide bonds. The number of pyridine rings is 1. The molecule has 1 fully saturated rings. The number of nitrogens with one attached hydrogen (secondary N) is 1. The van der Waals surface area contributed by atoms with Gasteiger partial charge < -0.3 is 5.32 Å². The van der Waals surface area contributed by atoms with Gasteiger partial charge in [0, 0.05) is 40.9 Å². The first-order valence-corrected chi connectivity index (χ1v) is 10.1. The van der Waals surface area contributed by atoms with Crippen LogP contribution in [0, 0.1) is 5.92 Å². The van der Waals surface area contributed by atoms with Gasteiger partial charge in [-0.05, 0) is 49.4 Å². The van der Waals surface area contributed by atoms with Crippen LogP contribution in [0.2, 0.25) is 4.34 Å². The number of amides is 1. The SMILES string of the molecule is O=C(Nc1cc(-c2c(-c3csc(Cl)c3)nn3c2CCC3)ccn1)C1CC1. The molecule has 0 atom stereocenters. The number of aryl methyl sites for hydroxylation is 1. The number of hydrogen-bond acceptors (Lipinski definition) is 4. The molecule has 0 bridgehead atoms. The average molecular weight is 385 g/mol. The molecule has 1 saturated carbocycles. The van der Waals surface area contributed by atoms with Crippen LogP contribution >= 0.6 is 22.9 Å². The standard InChI is InChI=1S/C19H17ClN4OS/c20-15-8-13(10-26-15)18-17(14-2-1-7-24(14)23-18)12-5-6-21-16(9-12)22-19(25)11-3-4-11/h5-6,8-11H,1-4,7H2,(H,21,22,25). The maximum atomic E-state index is 12.1. The number of carbonyl (C=O) groups excluding carboxylic acids is 1. The van der Waals surface area contributed by atoms with Gasteiger partial charge in [0.2, 0.25) is 5.91 Å². The van der Waals surface area contributed by atoms with E-state index in [9.17, 15) is 4.79 Å². The van der Waals surface area contributed by atoms with Crippen LogP contribution in [0.5, 0.6) is 0 Å². The van der Waals surface area contributed by atoms with Gasteiger partial charge >= 0.3 is 0 Å². The molecule has 1 aliphatic carbocycles. The lowest BCUT2D eigenvalue weighted by Gasteiger charge is -2.08. The van der Waals surface area contributed by atoms with Crippen molar-refractivity contribution in [2.45, 2.75) is 32.2 Å². The van der Waals surface area contributed by atoms with Gasteiger partial charge in [0.15, 0.2) is 0 Å². The lowest BCUT2D eigenvalue weighted by atomic mass is 10.00. The average Bonchev–Trinajstić information content (AvgIpc) is 3.07. The minimum atomic E-state index is 0.0692. The van der Waals surface area contributed by atoms with Crippen molar-refractivity contribution in [3.63, 3.8) is 0 Å². The van der Waals surface area contributed by atoms with E-state index in [4.69, 9.17) is 16.7 Å². The van der Waals surface area contributed by atoms with Crippen molar-refractivity contribution in [2.75, 3.05) is 5.32 Å². The molecule has 7 heteroatoms. The van der Waals surface area contributed by atoms with Crippen molar-refractivity contribution in [3.8, 4) is 22.4 Å². The second-order valence-electron chi connectivity index (χ2n) is 6.83. The zero-order valence-electron chi connectivity index (χ0n) is 14.0. The van der Waals surface area contributed by atoms with Crippen molar-refractivity contribution in [1.82, 2.24) is 14.8 Å². The Balaban J connectivity index is 1.58. The lowest BCUT2D eigenvalue weighted by molar-refractivity contribution is -0.117. The summed E-state index contributed by atoms with van der Waals surface area (Å²) in [6, 6.07) is 5.90. The molecule has 5 nitrogen and oxygen atoms in total. The monoisotopic (exact) mass is 384 g/mol. The van der Waals surface area contributed by atoms with Crippen LogP contribution in [-0.2, 0) is 17.8 Å². The Bertz CT molecular complexity index is 1000. The Morgan fingerprint density at radius 2 is 2.19 bits per heavy atom. The fraction of sp³-hybridized carbons (Fsp3) is 0.316. The first kappa shape index (κ1) is 16.0. The van der Waals surface area contributed by atoms with E-state index in [1.54, 1.807) is 6.20 Å². The van der Waals surface area contributed by atoms with Crippen LogP contribution in [0.15, 0.2) is 29.8 Å². The Morgan fingerprint density at radius 1 is 1.31 bits per heavy atom. The van der Waals surface area contributed by atoms with Crippen molar-refractivity contribution < 1.29 is 4.79 Å². The summed E-state index contributed by atoms with van der Waals surface area (Å²) in [5.41, 5.74) is 5.40. The Labute approximate surface area is 160 Å². The van der Waals surface area contributed by atoms with E-state index < -0.39 is 0 Å². The third-order valence-electron chi connectivity index (χ3n) is 4.93. The molecule has 3 aromatic rings. The topological polar surface area (TPSA) is 59.8 Å². The summed E-state index contributed by atoms with van der Waals surface area (Å²) < 4.78 is 2.85. The van der Waals surface area contributed by atoms with Crippen LogP contribution in [0.1, 0.15) is 25.0 Å². The summed E-state index contributed by atoms with van der Waals surface area (Å²) in [4.78, 5) is 16.4. The molecular formula is C19H17ClN4OS. The van der Waals surface area contributed by atoms with Crippen LogP contribution in [0.4, 0.5) is 5.82 Å². The molecule has 1 aliphatic heterocycles. The highest BCUT2D eigenvalue weighted by atomic mass is 35.5. The normalized spacial score (nSPS) is 15.9. The summed E-state index contributed by atoms with van der Waals surface area (Å²) in [5.74, 6) is 0.829. The van der Waals surface area contributed by atoms with Crippen molar-refractivity contribution in [2.24, 2.45) is 5.92 Å². The maximum absolute atomic E-state index is 12.1. The smallest absolute Gasteiger partial charge is 0.228 e. The van der Waals surface area contributed by atoms with Gasteiger partial charge in [-0.3, -0.25) is 9.48 Å². The van der Waals surface area contributed by atoms with Crippen LogP contribution in [0.3, 0.4) is 0 Å². The molecule has 0 aromatic carbocycles. The minimum Gasteiger partial charge on any atom is -0.310 e. The molecule has 4 heterocycles. The van der Waals surface area contributed by atoms with E-state index in [1.807, 2.05) is 23.6 Å². The molecule has 5 rings (SSSR count). The van der Waals surface area contributed by atoms with Crippen molar-refractivity contribution >= 4 is 34.7 Å². The lowest BCUT2D eigenvalue weighted by Crippen LogP contribution is -2.14. The summed E-state index contributed by atoms with van der Waals surface area (Å²) in [7, 11) is 0. The van der Waals surface area contributed by atoms with Crippen LogP contribution in [-0.4, -0.2) is 20.7 Å². The van der Waals surface area contributed by atoms with Gasteiger partial charge in [-0.25, -0.2) is 4.98 Å². The molecule has 26 heavy (non-hydrogen) atoms. The second-order valence-corrected chi connectivity index (χ2v) is 8.37. The molecule has 0 spiro atoms. The largest absolute Gasteiger partial charge is 0.310 e. The maximum Gasteiger partial charge on any atom is 0.228 e. The van der Waals surface area contributed by atoms with E-state index in [-0.39, 0.29) is 11.8 Å². The minimum absolute atomic E-state index is 0.0692. The molecular weight excluding hydrogens is 368 g/mol. The zero-order chi connectivity index (χ0) is 17.7. The Hall–Kier alpha value is -2.18. The second kappa shape index (κ2) is 6.21. The highest BCUT2D eigenvalue weighted by Crippen LogP contribution is 2.40. The van der Waals surface area contributed by atoms with Crippen molar-refractivity contribution in [3.05, 3.63) is 39.8 Å². The third kappa shape index (κ3) is 2.83.